The second-order valence-corrected chi connectivity index (χ2v) is 8.36. The first-order valence-electron chi connectivity index (χ1n) is 10.6. The van der Waals surface area contributed by atoms with Crippen LogP contribution in [0.3, 0.4) is 0 Å². The van der Waals surface area contributed by atoms with Gasteiger partial charge in [0.2, 0.25) is 0 Å². The van der Waals surface area contributed by atoms with Crippen LogP contribution in [0.2, 0.25) is 0 Å². The maximum absolute atomic E-state index is 4.95. The summed E-state index contributed by atoms with van der Waals surface area (Å²) in [5.74, 6) is 0. The Balaban J connectivity index is 1.69. The molecule has 1 aliphatic heterocycles. The third kappa shape index (κ3) is 2.83. The molecule has 0 spiro atoms. The number of nitrogens with zero attached hydrogens (tertiary/aromatic N) is 2. The normalized spacial score (nSPS) is 15.0. The SMILES string of the molecule is CCn1c(-c2ccccc2)c(C=CC2=Nc3ccccc3C2(C)C)c2ccccc21. The molecule has 1 aliphatic rings. The van der Waals surface area contributed by atoms with Gasteiger partial charge in [-0.15, -0.1) is 0 Å². The van der Waals surface area contributed by atoms with Crippen LogP contribution in [0.4, 0.5) is 5.69 Å². The van der Waals surface area contributed by atoms with E-state index in [2.05, 4.69) is 116 Å². The lowest BCUT2D eigenvalue weighted by molar-refractivity contribution is 0.740. The fraction of sp³-hybridized carbons (Fsp3) is 0.179. The van der Waals surface area contributed by atoms with Gasteiger partial charge < -0.3 is 4.57 Å². The summed E-state index contributed by atoms with van der Waals surface area (Å²) < 4.78 is 2.42. The smallest absolute Gasteiger partial charge is 0.0674 e. The highest BCUT2D eigenvalue weighted by Gasteiger charge is 2.33. The molecular formula is C28H26N2. The first-order chi connectivity index (χ1) is 14.6. The van der Waals surface area contributed by atoms with E-state index in [0.29, 0.717) is 0 Å². The maximum Gasteiger partial charge on any atom is 0.0674 e. The third-order valence-electron chi connectivity index (χ3n) is 6.24. The van der Waals surface area contributed by atoms with Crippen molar-refractivity contribution >= 4 is 28.4 Å². The van der Waals surface area contributed by atoms with Crippen LogP contribution >= 0.6 is 0 Å². The molecule has 0 fully saturated rings. The summed E-state index contributed by atoms with van der Waals surface area (Å²) in [5, 5.41) is 1.28. The van der Waals surface area contributed by atoms with E-state index in [4.69, 9.17) is 4.99 Å². The topological polar surface area (TPSA) is 17.3 Å². The summed E-state index contributed by atoms with van der Waals surface area (Å²) in [7, 11) is 0. The number of hydrogen-bond donors (Lipinski definition) is 0. The van der Waals surface area contributed by atoms with E-state index >= 15 is 0 Å². The van der Waals surface area contributed by atoms with Crippen LogP contribution in [0.15, 0.2) is 89.9 Å². The molecule has 0 radical (unpaired) electrons. The quantitative estimate of drug-likeness (QED) is 0.345. The number of aromatic nitrogens is 1. The largest absolute Gasteiger partial charge is 0.340 e. The van der Waals surface area contributed by atoms with E-state index in [1.807, 2.05) is 0 Å². The molecule has 30 heavy (non-hydrogen) atoms. The van der Waals surface area contributed by atoms with Crippen molar-refractivity contribution in [2.45, 2.75) is 32.7 Å². The van der Waals surface area contributed by atoms with Crippen LogP contribution in [0, 0.1) is 0 Å². The standard InChI is InChI=1S/C28H26N2/c1-4-30-25-17-11-8-14-21(25)22(27(30)20-12-6-5-7-13-20)18-19-26-28(2,3)23-15-9-10-16-24(23)29-26/h5-19H,4H2,1-3H3. The number of allylic oxidation sites excluding steroid dienone is 1. The van der Waals surface area contributed by atoms with Crippen molar-refractivity contribution in [1.82, 2.24) is 4.57 Å². The van der Waals surface area contributed by atoms with Crippen molar-refractivity contribution in [3.05, 3.63) is 96.1 Å². The molecule has 0 saturated carbocycles. The highest BCUT2D eigenvalue weighted by Crippen LogP contribution is 2.41. The molecule has 3 aromatic carbocycles. The van der Waals surface area contributed by atoms with Gasteiger partial charge >= 0.3 is 0 Å². The Kier molecular flexibility index (Phi) is 4.43. The zero-order valence-corrected chi connectivity index (χ0v) is 17.8. The fourth-order valence-corrected chi connectivity index (χ4v) is 4.65. The van der Waals surface area contributed by atoms with Gasteiger partial charge in [-0.2, -0.15) is 0 Å². The molecule has 4 aromatic rings. The van der Waals surface area contributed by atoms with Gasteiger partial charge in [0, 0.05) is 28.4 Å². The van der Waals surface area contributed by atoms with Gasteiger partial charge in [-0.25, -0.2) is 0 Å². The van der Waals surface area contributed by atoms with Crippen LogP contribution in [-0.2, 0) is 12.0 Å². The Labute approximate surface area is 178 Å². The minimum absolute atomic E-state index is 0.0941. The lowest BCUT2D eigenvalue weighted by atomic mass is 9.81. The first-order valence-corrected chi connectivity index (χ1v) is 10.6. The van der Waals surface area contributed by atoms with Crippen LogP contribution < -0.4 is 0 Å². The van der Waals surface area contributed by atoms with E-state index in [1.54, 1.807) is 0 Å². The number of para-hydroxylation sites is 2. The molecule has 0 aliphatic carbocycles. The van der Waals surface area contributed by atoms with Crippen molar-refractivity contribution in [2.24, 2.45) is 4.99 Å². The summed E-state index contributed by atoms with van der Waals surface area (Å²) in [6.45, 7) is 7.66. The highest BCUT2D eigenvalue weighted by atomic mass is 15.0. The number of benzene rings is 3. The van der Waals surface area contributed by atoms with Crippen molar-refractivity contribution in [2.75, 3.05) is 0 Å². The van der Waals surface area contributed by atoms with Crippen LogP contribution in [0.1, 0.15) is 31.9 Å². The van der Waals surface area contributed by atoms with Crippen LogP contribution in [0.25, 0.3) is 28.2 Å². The van der Waals surface area contributed by atoms with Crippen molar-refractivity contribution < 1.29 is 0 Å². The molecule has 0 amide bonds. The number of hydrogen-bond acceptors (Lipinski definition) is 1. The van der Waals surface area contributed by atoms with Gasteiger partial charge in [0.25, 0.3) is 0 Å². The minimum atomic E-state index is -0.0941. The molecule has 0 unspecified atom stereocenters. The molecule has 148 valence electrons. The second-order valence-electron chi connectivity index (χ2n) is 8.36. The van der Waals surface area contributed by atoms with Gasteiger partial charge in [-0.3, -0.25) is 4.99 Å². The van der Waals surface area contributed by atoms with Crippen LogP contribution in [-0.4, -0.2) is 10.3 Å². The monoisotopic (exact) mass is 390 g/mol. The van der Waals surface area contributed by atoms with Gasteiger partial charge in [0.15, 0.2) is 0 Å². The molecule has 0 saturated heterocycles. The van der Waals surface area contributed by atoms with E-state index in [0.717, 1.165) is 17.9 Å². The van der Waals surface area contributed by atoms with Crippen LogP contribution in [0.5, 0.6) is 0 Å². The minimum Gasteiger partial charge on any atom is -0.340 e. The average molecular weight is 391 g/mol. The molecular weight excluding hydrogens is 364 g/mol. The zero-order valence-electron chi connectivity index (χ0n) is 17.8. The Morgan fingerprint density at radius 3 is 2.30 bits per heavy atom. The van der Waals surface area contributed by atoms with E-state index in [1.165, 1.54) is 33.3 Å². The molecule has 2 heterocycles. The van der Waals surface area contributed by atoms with Crippen molar-refractivity contribution in [3.63, 3.8) is 0 Å². The summed E-state index contributed by atoms with van der Waals surface area (Å²) >= 11 is 0. The second kappa shape index (κ2) is 7.14. The lowest BCUT2D eigenvalue weighted by Crippen LogP contribution is -2.23. The molecule has 2 nitrogen and oxygen atoms in total. The summed E-state index contributed by atoms with van der Waals surface area (Å²) in [6.07, 6.45) is 4.48. The van der Waals surface area contributed by atoms with E-state index in [9.17, 15) is 0 Å². The lowest BCUT2D eigenvalue weighted by Gasteiger charge is -2.20. The average Bonchev–Trinajstić information content (AvgIpc) is 3.24. The molecule has 0 N–H and O–H groups in total. The number of fused-ring (bicyclic) bond motifs is 2. The Bertz CT molecular complexity index is 1290. The van der Waals surface area contributed by atoms with Gasteiger partial charge in [0.1, 0.15) is 0 Å². The zero-order chi connectivity index (χ0) is 20.7. The fourth-order valence-electron chi connectivity index (χ4n) is 4.65. The predicted molar refractivity (Wildman–Crippen MR) is 129 cm³/mol. The maximum atomic E-state index is 4.95. The predicted octanol–water partition coefficient (Wildman–Crippen LogP) is 7.41. The number of aliphatic imine (C=N–C) groups is 1. The van der Waals surface area contributed by atoms with Gasteiger partial charge in [-0.05, 0) is 36.3 Å². The van der Waals surface area contributed by atoms with Gasteiger partial charge in [0.05, 0.1) is 17.1 Å². The molecule has 1 aromatic heterocycles. The molecule has 2 heteroatoms. The van der Waals surface area contributed by atoms with E-state index in [-0.39, 0.29) is 5.41 Å². The number of aryl methyl sites for hydroxylation is 1. The Morgan fingerprint density at radius 1 is 0.833 bits per heavy atom. The van der Waals surface area contributed by atoms with Crippen molar-refractivity contribution in [1.29, 1.82) is 0 Å². The molecule has 0 bridgehead atoms. The van der Waals surface area contributed by atoms with E-state index < -0.39 is 0 Å². The van der Waals surface area contributed by atoms with Gasteiger partial charge in [-0.1, -0.05) is 86.7 Å². The summed E-state index contributed by atoms with van der Waals surface area (Å²) in [5.41, 5.74) is 8.43. The highest BCUT2D eigenvalue weighted by molar-refractivity contribution is 6.11. The molecule has 5 rings (SSSR count). The Hall–Kier alpha value is -3.39. The summed E-state index contributed by atoms with van der Waals surface area (Å²) in [6, 6.07) is 27.9. The number of rotatable bonds is 4. The first kappa shape index (κ1) is 18.6. The summed E-state index contributed by atoms with van der Waals surface area (Å²) in [4.78, 5) is 4.95. The Morgan fingerprint density at radius 2 is 1.53 bits per heavy atom. The molecule has 0 atom stereocenters. The van der Waals surface area contributed by atoms with Crippen molar-refractivity contribution in [3.8, 4) is 11.3 Å². The third-order valence-corrected chi connectivity index (χ3v) is 6.24.